The number of carbonyl (C=O) groups is 2. The van der Waals surface area contributed by atoms with Gasteiger partial charge in [0, 0.05) is 20.0 Å². The summed E-state index contributed by atoms with van der Waals surface area (Å²) in [5.74, 6) is -3.36. The first kappa shape index (κ1) is 20.2. The minimum Gasteiger partial charge on any atom is -0.467 e. The first-order chi connectivity index (χ1) is 14.9. The molecule has 5 heterocycles. The molecule has 2 aromatic rings. The number of carbonyl (C=O) groups excluding carboxylic acids is 2. The van der Waals surface area contributed by atoms with E-state index in [2.05, 4.69) is 19.7 Å². The van der Waals surface area contributed by atoms with Gasteiger partial charge in [0.05, 0.1) is 19.5 Å². The molecule has 3 fully saturated rings. The Labute approximate surface area is 175 Å². The van der Waals surface area contributed by atoms with Gasteiger partial charge in [0.1, 0.15) is 30.2 Å². The van der Waals surface area contributed by atoms with Crippen LogP contribution in [0.2, 0.25) is 0 Å². The number of nitrogen functional groups attached to an aromatic ring is 1. The normalized spacial score (nSPS) is 37.5. The summed E-state index contributed by atoms with van der Waals surface area (Å²) >= 11 is 0. The molecule has 31 heavy (non-hydrogen) atoms. The van der Waals surface area contributed by atoms with Crippen molar-refractivity contribution < 1.29 is 38.4 Å². The molecule has 3 aliphatic heterocycles. The molecule has 0 bridgehead atoms. The minimum absolute atomic E-state index is 0.0977. The van der Waals surface area contributed by atoms with Gasteiger partial charge in [-0.05, 0) is 0 Å². The highest BCUT2D eigenvalue weighted by molar-refractivity contribution is 5.92. The summed E-state index contributed by atoms with van der Waals surface area (Å²) in [6.45, 7) is 0. The number of aromatic nitrogens is 4. The predicted molar refractivity (Wildman–Crippen MR) is 99.2 cm³/mol. The number of hydrogen-bond donors (Lipinski definition) is 2. The van der Waals surface area contributed by atoms with Gasteiger partial charge in [-0.25, -0.2) is 19.7 Å². The molecule has 5 rings (SSSR count). The van der Waals surface area contributed by atoms with E-state index in [1.165, 1.54) is 26.9 Å². The van der Waals surface area contributed by atoms with Crippen molar-refractivity contribution in [2.75, 3.05) is 20.0 Å². The van der Waals surface area contributed by atoms with Crippen LogP contribution in [0.4, 0.5) is 5.82 Å². The Hall–Kier alpha value is -2.71. The van der Waals surface area contributed by atoms with Crippen LogP contribution < -0.4 is 5.73 Å². The van der Waals surface area contributed by atoms with Gasteiger partial charge in [-0.1, -0.05) is 0 Å². The molecule has 2 aromatic heterocycles. The number of Topliss-reactive ketones (excluding diaryl/α,β-unsaturated/α-hetero) is 1. The average Bonchev–Trinajstić information content (AvgIpc) is 3.33. The number of anilines is 1. The van der Waals surface area contributed by atoms with E-state index < -0.39 is 54.3 Å². The van der Waals surface area contributed by atoms with E-state index in [0.29, 0.717) is 11.2 Å². The topological polar surface area (TPSA) is 170 Å². The Kier molecular flexibility index (Phi) is 4.67. The van der Waals surface area contributed by atoms with E-state index in [0.717, 1.165) is 0 Å². The number of hydrogen-bond acceptors (Lipinski definition) is 12. The molecule has 0 aromatic carbocycles. The lowest BCUT2D eigenvalue weighted by Gasteiger charge is -2.46. The number of ketones is 1. The maximum atomic E-state index is 12.7. The molecule has 7 atom stereocenters. The van der Waals surface area contributed by atoms with Crippen LogP contribution in [0.1, 0.15) is 19.1 Å². The van der Waals surface area contributed by atoms with Crippen molar-refractivity contribution in [3.05, 3.63) is 12.7 Å². The number of aliphatic hydroxyl groups is 1. The second kappa shape index (κ2) is 7.17. The Morgan fingerprint density at radius 2 is 2.13 bits per heavy atom. The number of fused-ring (bicyclic) bond motifs is 3. The van der Waals surface area contributed by atoms with E-state index >= 15 is 0 Å². The zero-order chi connectivity index (χ0) is 21.9. The maximum Gasteiger partial charge on any atom is 0.335 e. The number of rotatable bonds is 3. The van der Waals surface area contributed by atoms with Crippen LogP contribution in [0.5, 0.6) is 0 Å². The van der Waals surface area contributed by atoms with Crippen LogP contribution in [0, 0.1) is 0 Å². The molecule has 3 aliphatic rings. The summed E-state index contributed by atoms with van der Waals surface area (Å²) in [5.41, 5.74) is 6.71. The molecular weight excluding hydrogens is 414 g/mol. The third kappa shape index (κ3) is 2.92. The number of nitrogens with two attached hydrogens (primary N) is 1. The fraction of sp³-hybridized carbons (Fsp3) is 0.611. The van der Waals surface area contributed by atoms with Crippen LogP contribution in [-0.2, 0) is 33.3 Å². The van der Waals surface area contributed by atoms with E-state index in [1.807, 2.05) is 0 Å². The van der Waals surface area contributed by atoms with Gasteiger partial charge < -0.3 is 34.5 Å². The highest BCUT2D eigenvalue weighted by atomic mass is 16.7. The van der Waals surface area contributed by atoms with Crippen molar-refractivity contribution >= 4 is 28.7 Å². The summed E-state index contributed by atoms with van der Waals surface area (Å²) < 4.78 is 29.6. The van der Waals surface area contributed by atoms with E-state index in [9.17, 15) is 14.7 Å². The van der Waals surface area contributed by atoms with Gasteiger partial charge in [0.15, 0.2) is 29.6 Å². The molecule has 0 amide bonds. The van der Waals surface area contributed by atoms with Crippen LogP contribution in [0.25, 0.3) is 11.2 Å². The lowest BCUT2D eigenvalue weighted by molar-refractivity contribution is -0.323. The van der Waals surface area contributed by atoms with Gasteiger partial charge in [0.2, 0.25) is 0 Å². The van der Waals surface area contributed by atoms with Crippen LogP contribution >= 0.6 is 0 Å². The summed E-state index contributed by atoms with van der Waals surface area (Å²) in [6, 6.07) is 0. The zero-order valence-corrected chi connectivity index (χ0v) is 16.7. The number of imidazole rings is 1. The van der Waals surface area contributed by atoms with Crippen molar-refractivity contribution in [1.82, 2.24) is 19.5 Å². The minimum atomic E-state index is -2.22. The second-order valence-electron chi connectivity index (χ2n) is 7.63. The van der Waals surface area contributed by atoms with Crippen LogP contribution in [0.3, 0.4) is 0 Å². The molecule has 0 aliphatic carbocycles. The van der Waals surface area contributed by atoms with E-state index in [4.69, 9.17) is 24.7 Å². The fourth-order valence-electron chi connectivity index (χ4n) is 4.45. The fourth-order valence-corrected chi connectivity index (χ4v) is 4.45. The second-order valence-corrected chi connectivity index (χ2v) is 7.63. The quantitative estimate of drug-likeness (QED) is 0.547. The van der Waals surface area contributed by atoms with Gasteiger partial charge in [-0.15, -0.1) is 0 Å². The Balaban J connectivity index is 1.46. The number of methoxy groups -OCH3 is 2. The summed E-state index contributed by atoms with van der Waals surface area (Å²) in [5, 5.41) is 11.0. The van der Waals surface area contributed by atoms with Gasteiger partial charge in [0.25, 0.3) is 5.79 Å². The smallest absolute Gasteiger partial charge is 0.335 e. The van der Waals surface area contributed by atoms with Crippen molar-refractivity contribution in [1.29, 1.82) is 0 Å². The van der Waals surface area contributed by atoms with Crippen molar-refractivity contribution in [3.8, 4) is 0 Å². The molecule has 0 radical (unpaired) electrons. The van der Waals surface area contributed by atoms with Gasteiger partial charge in [-0.2, -0.15) is 0 Å². The predicted octanol–water partition coefficient (Wildman–Crippen LogP) is -1.30. The van der Waals surface area contributed by atoms with E-state index in [1.54, 1.807) is 4.57 Å². The molecule has 166 valence electrons. The molecule has 0 saturated carbocycles. The zero-order valence-electron chi connectivity index (χ0n) is 16.7. The maximum absolute atomic E-state index is 12.7. The third-order valence-corrected chi connectivity index (χ3v) is 5.98. The SMILES string of the molecule is COC(=O)[C@@H]1CC(=O)[C@@]2(O)O[C@@H]3[C@@H](OC)[C@H](n4cnc5c(N)ncnc54)O[C@@H]3C[C@H]2O1. The molecule has 3 N–H and O–H groups in total. The van der Waals surface area contributed by atoms with Crippen molar-refractivity contribution in [2.24, 2.45) is 0 Å². The Morgan fingerprint density at radius 3 is 2.87 bits per heavy atom. The lowest BCUT2D eigenvalue weighted by Crippen LogP contribution is -2.66. The Bertz CT molecular complexity index is 1050. The standard InChI is InChI=1S/C18H21N5O8/c1-27-13-12-7(30-16(13)23-6-22-11-14(19)20-5-21-15(11)23)4-10-18(26,31-12)9(24)3-8(29-10)17(25)28-2/h5-8,10,12-13,16,26H,3-4H2,1-2H3,(H2,19,20,21)/t7-,8+,10-,12+,13-,16-,18-/m1/s1. The van der Waals surface area contributed by atoms with Crippen LogP contribution in [0.15, 0.2) is 12.7 Å². The van der Waals surface area contributed by atoms with Gasteiger partial charge in [-0.3, -0.25) is 9.36 Å². The average molecular weight is 435 g/mol. The number of nitrogens with zero attached hydrogens (tertiary/aromatic N) is 4. The first-order valence-corrected chi connectivity index (χ1v) is 9.65. The first-order valence-electron chi connectivity index (χ1n) is 9.65. The molecule has 0 spiro atoms. The highest BCUT2D eigenvalue weighted by Crippen LogP contribution is 2.45. The molecular formula is C18H21N5O8. The molecule has 0 unspecified atom stereocenters. The van der Waals surface area contributed by atoms with Crippen molar-refractivity contribution in [2.45, 2.75) is 55.4 Å². The Morgan fingerprint density at radius 1 is 1.32 bits per heavy atom. The third-order valence-electron chi connectivity index (χ3n) is 5.98. The monoisotopic (exact) mass is 435 g/mol. The summed E-state index contributed by atoms with van der Waals surface area (Å²) in [6.07, 6.45) is -2.47. The largest absolute Gasteiger partial charge is 0.467 e. The summed E-state index contributed by atoms with van der Waals surface area (Å²) in [7, 11) is 2.67. The number of esters is 1. The molecule has 13 nitrogen and oxygen atoms in total. The molecule has 13 heteroatoms. The van der Waals surface area contributed by atoms with Crippen LogP contribution in [-0.4, -0.2) is 86.9 Å². The highest BCUT2D eigenvalue weighted by Gasteiger charge is 2.63. The van der Waals surface area contributed by atoms with Crippen molar-refractivity contribution in [3.63, 3.8) is 0 Å². The van der Waals surface area contributed by atoms with E-state index in [-0.39, 0.29) is 18.7 Å². The number of ether oxygens (including phenoxy) is 5. The van der Waals surface area contributed by atoms with Gasteiger partial charge >= 0.3 is 5.97 Å². The molecule has 3 saturated heterocycles. The summed E-state index contributed by atoms with van der Waals surface area (Å²) in [4.78, 5) is 37.0. The lowest BCUT2D eigenvalue weighted by atomic mass is 9.87.